The first-order chi connectivity index (χ1) is 13.0. The molecule has 1 aliphatic heterocycles. The van der Waals surface area contributed by atoms with E-state index in [2.05, 4.69) is 0 Å². The van der Waals surface area contributed by atoms with Gasteiger partial charge in [0.15, 0.2) is 11.5 Å². The van der Waals surface area contributed by atoms with E-state index in [1.165, 1.54) is 0 Å². The zero-order chi connectivity index (χ0) is 19.6. The van der Waals surface area contributed by atoms with Crippen LogP contribution in [0.15, 0.2) is 48.0 Å². The van der Waals surface area contributed by atoms with Gasteiger partial charge in [0.05, 0.1) is 20.3 Å². The number of methoxy groups -OCH3 is 2. The Balaban J connectivity index is 2.19. The number of halogens is 1. The van der Waals surface area contributed by atoms with E-state index in [1.54, 1.807) is 20.3 Å². The summed E-state index contributed by atoms with van der Waals surface area (Å²) in [5.41, 5.74) is 4.03. The lowest BCUT2D eigenvalue weighted by molar-refractivity contribution is -0.128. The second-order valence-electron chi connectivity index (χ2n) is 6.83. The van der Waals surface area contributed by atoms with Crippen LogP contribution in [0.2, 0.25) is 5.02 Å². The Bertz CT molecular complexity index is 887. The molecule has 0 bridgehead atoms. The van der Waals surface area contributed by atoms with Crippen LogP contribution in [0.5, 0.6) is 11.5 Å². The summed E-state index contributed by atoms with van der Waals surface area (Å²) in [6.07, 6.45) is 2.43. The second kappa shape index (κ2) is 8.05. The molecule has 1 amide bonds. The maximum Gasteiger partial charge on any atom is 0.247 e. The molecular formula is C22H24ClNO3. The number of amides is 1. The van der Waals surface area contributed by atoms with E-state index < -0.39 is 0 Å². The van der Waals surface area contributed by atoms with E-state index >= 15 is 0 Å². The molecule has 0 aliphatic carbocycles. The number of allylic oxidation sites excluding steroid dienone is 1. The molecule has 27 heavy (non-hydrogen) atoms. The number of carbonyl (C=O) groups is 1. The van der Waals surface area contributed by atoms with E-state index in [1.807, 2.05) is 55.1 Å². The fourth-order valence-electron chi connectivity index (χ4n) is 3.55. The van der Waals surface area contributed by atoms with E-state index in [4.69, 9.17) is 21.1 Å². The van der Waals surface area contributed by atoms with Crippen molar-refractivity contribution in [2.24, 2.45) is 0 Å². The van der Waals surface area contributed by atoms with Crippen molar-refractivity contribution < 1.29 is 14.3 Å². The van der Waals surface area contributed by atoms with Gasteiger partial charge in [0.25, 0.3) is 0 Å². The summed E-state index contributed by atoms with van der Waals surface area (Å²) in [5.74, 6) is 1.32. The minimum Gasteiger partial charge on any atom is -0.493 e. The van der Waals surface area contributed by atoms with E-state index in [9.17, 15) is 4.79 Å². The first kappa shape index (κ1) is 19.3. The minimum atomic E-state index is -0.273. The molecule has 142 valence electrons. The number of rotatable bonds is 4. The molecule has 0 spiro atoms. The number of benzene rings is 2. The Hall–Kier alpha value is -2.46. The minimum absolute atomic E-state index is 0.0136. The van der Waals surface area contributed by atoms with Gasteiger partial charge in [0.2, 0.25) is 5.91 Å². The third-order valence-corrected chi connectivity index (χ3v) is 5.11. The number of hydrogen-bond acceptors (Lipinski definition) is 3. The molecule has 0 N–H and O–H groups in total. The summed E-state index contributed by atoms with van der Waals surface area (Å²) in [4.78, 5) is 14.8. The zero-order valence-corrected chi connectivity index (χ0v) is 16.8. The molecule has 5 heteroatoms. The third-order valence-electron chi connectivity index (χ3n) is 4.77. The highest BCUT2D eigenvalue weighted by molar-refractivity contribution is 6.31. The molecule has 4 nitrogen and oxygen atoms in total. The van der Waals surface area contributed by atoms with Gasteiger partial charge in [-0.3, -0.25) is 4.79 Å². The highest BCUT2D eigenvalue weighted by Crippen LogP contribution is 2.42. The summed E-state index contributed by atoms with van der Waals surface area (Å²) < 4.78 is 11.0. The zero-order valence-electron chi connectivity index (χ0n) is 16.1. The van der Waals surface area contributed by atoms with Gasteiger partial charge in [-0.05, 0) is 55.2 Å². The molecule has 1 atom stereocenters. The predicted octanol–water partition coefficient (Wildman–Crippen LogP) is 4.80. The van der Waals surface area contributed by atoms with Gasteiger partial charge in [-0.15, -0.1) is 0 Å². The standard InChI is InChI=1S/C22H24ClNO3/c1-14(2)11-21(25)24-10-9-15-12-19(26-3)20(27-4)13-17(15)22(24)16-7-5-6-8-18(16)23/h5-8,11-13,22H,9-10H2,1-4H3. The van der Waals surface area contributed by atoms with Crippen LogP contribution in [-0.2, 0) is 11.2 Å². The van der Waals surface area contributed by atoms with E-state index in [0.29, 0.717) is 23.1 Å². The maximum absolute atomic E-state index is 12.9. The van der Waals surface area contributed by atoms with E-state index in [-0.39, 0.29) is 11.9 Å². The molecular weight excluding hydrogens is 362 g/mol. The normalized spacial score (nSPS) is 15.7. The molecule has 1 aliphatic rings. The van der Waals surface area contributed by atoms with Gasteiger partial charge in [-0.2, -0.15) is 0 Å². The van der Waals surface area contributed by atoms with Crippen LogP contribution in [0.3, 0.4) is 0 Å². The monoisotopic (exact) mass is 385 g/mol. The number of ether oxygens (including phenoxy) is 2. The van der Waals surface area contributed by atoms with Crippen LogP contribution >= 0.6 is 11.6 Å². The number of fused-ring (bicyclic) bond motifs is 1. The fraction of sp³-hybridized carbons (Fsp3) is 0.318. The molecule has 2 aromatic carbocycles. The van der Waals surface area contributed by atoms with E-state index in [0.717, 1.165) is 28.7 Å². The Kier molecular flexibility index (Phi) is 5.76. The van der Waals surface area contributed by atoms with Crippen molar-refractivity contribution in [1.82, 2.24) is 4.90 Å². The second-order valence-corrected chi connectivity index (χ2v) is 7.24. The van der Waals surface area contributed by atoms with Gasteiger partial charge in [-0.1, -0.05) is 35.4 Å². The van der Waals surface area contributed by atoms with Crippen molar-refractivity contribution in [1.29, 1.82) is 0 Å². The smallest absolute Gasteiger partial charge is 0.247 e. The lowest BCUT2D eigenvalue weighted by atomic mass is 9.87. The van der Waals surface area contributed by atoms with Crippen LogP contribution in [0.4, 0.5) is 0 Å². The van der Waals surface area contributed by atoms with Gasteiger partial charge in [0, 0.05) is 17.6 Å². The molecule has 1 unspecified atom stereocenters. The SMILES string of the molecule is COc1cc2c(cc1OC)C(c1ccccc1Cl)N(C(=O)C=C(C)C)CC2. The quantitative estimate of drug-likeness (QED) is 0.710. The lowest BCUT2D eigenvalue weighted by Crippen LogP contribution is -2.40. The molecule has 3 rings (SSSR count). The third kappa shape index (κ3) is 3.81. The molecule has 1 heterocycles. The first-order valence-corrected chi connectivity index (χ1v) is 9.28. The first-order valence-electron chi connectivity index (χ1n) is 8.91. The van der Waals surface area contributed by atoms with Crippen molar-refractivity contribution >= 4 is 17.5 Å². The Morgan fingerprint density at radius 1 is 1.11 bits per heavy atom. The molecule has 2 aromatic rings. The van der Waals surface area contributed by atoms with Crippen LogP contribution in [-0.4, -0.2) is 31.6 Å². The molecule has 0 saturated carbocycles. The van der Waals surface area contributed by atoms with Crippen molar-refractivity contribution in [2.75, 3.05) is 20.8 Å². The van der Waals surface area contributed by atoms with Gasteiger partial charge in [-0.25, -0.2) is 0 Å². The fourth-order valence-corrected chi connectivity index (χ4v) is 3.78. The van der Waals surface area contributed by atoms with Crippen LogP contribution in [0.25, 0.3) is 0 Å². The number of nitrogens with zero attached hydrogens (tertiary/aromatic N) is 1. The van der Waals surface area contributed by atoms with Crippen molar-refractivity contribution in [3.05, 3.63) is 69.8 Å². The van der Waals surface area contributed by atoms with Crippen LogP contribution in [0.1, 0.15) is 36.6 Å². The van der Waals surface area contributed by atoms with Gasteiger partial charge < -0.3 is 14.4 Å². The van der Waals surface area contributed by atoms with Crippen molar-refractivity contribution in [2.45, 2.75) is 26.3 Å². The molecule has 0 radical (unpaired) electrons. The predicted molar refractivity (Wildman–Crippen MR) is 108 cm³/mol. The van der Waals surface area contributed by atoms with Crippen molar-refractivity contribution in [3.63, 3.8) is 0 Å². The number of carbonyl (C=O) groups excluding carboxylic acids is 1. The lowest BCUT2D eigenvalue weighted by Gasteiger charge is -2.38. The molecule has 0 saturated heterocycles. The van der Waals surface area contributed by atoms with Crippen LogP contribution in [0, 0.1) is 0 Å². The summed E-state index contributed by atoms with van der Waals surface area (Å²) in [6, 6.07) is 11.4. The largest absolute Gasteiger partial charge is 0.493 e. The van der Waals surface area contributed by atoms with Gasteiger partial charge >= 0.3 is 0 Å². The van der Waals surface area contributed by atoms with Gasteiger partial charge in [0.1, 0.15) is 0 Å². The summed E-state index contributed by atoms with van der Waals surface area (Å²) in [7, 11) is 3.24. The molecule has 0 aromatic heterocycles. The maximum atomic E-state index is 12.9. The highest BCUT2D eigenvalue weighted by atomic mass is 35.5. The average molecular weight is 386 g/mol. The van der Waals surface area contributed by atoms with Crippen LogP contribution < -0.4 is 9.47 Å². The Morgan fingerprint density at radius 3 is 2.41 bits per heavy atom. The topological polar surface area (TPSA) is 38.8 Å². The summed E-state index contributed by atoms with van der Waals surface area (Å²) >= 11 is 6.52. The Morgan fingerprint density at radius 2 is 1.78 bits per heavy atom. The Labute approximate surface area is 165 Å². The number of hydrogen-bond donors (Lipinski definition) is 0. The average Bonchev–Trinajstić information content (AvgIpc) is 2.65. The summed E-state index contributed by atoms with van der Waals surface area (Å²) in [6.45, 7) is 4.46. The van der Waals surface area contributed by atoms with Crippen molar-refractivity contribution in [3.8, 4) is 11.5 Å². The summed E-state index contributed by atoms with van der Waals surface area (Å²) in [5, 5.41) is 0.639. The molecule has 0 fully saturated rings. The highest BCUT2D eigenvalue weighted by Gasteiger charge is 2.33.